The molecule has 8 heavy (non-hydrogen) atoms. The third-order valence-corrected chi connectivity index (χ3v) is 0.671. The summed E-state index contributed by atoms with van der Waals surface area (Å²) >= 11 is 0. The first-order valence-corrected chi connectivity index (χ1v) is 3.03. The molecule has 0 N–H and O–H groups in total. The van der Waals surface area contributed by atoms with E-state index < -0.39 is 0 Å². The maximum absolute atomic E-state index is 8.06. The van der Waals surface area contributed by atoms with Crippen LogP contribution < -0.4 is 0 Å². The van der Waals surface area contributed by atoms with Gasteiger partial charge in [-0.3, -0.25) is 0 Å². The van der Waals surface area contributed by atoms with Gasteiger partial charge in [0.1, 0.15) is 0 Å². The van der Waals surface area contributed by atoms with Gasteiger partial charge in [-0.15, -0.1) is 0 Å². The van der Waals surface area contributed by atoms with E-state index in [1.807, 2.05) is 0 Å². The monoisotopic (exact) mass is 131 g/mol. The normalized spacial score (nSPS) is 7.75. The van der Waals surface area contributed by atoms with Crippen molar-refractivity contribution in [3.8, 4) is 0 Å². The number of rotatable bonds is 2. The molecule has 0 rings (SSSR count). The van der Waals surface area contributed by atoms with Crippen molar-refractivity contribution in [1.82, 2.24) is 4.90 Å². The van der Waals surface area contributed by atoms with E-state index in [9.17, 15) is 0 Å². The van der Waals surface area contributed by atoms with Crippen LogP contribution in [-0.4, -0.2) is 35.5 Å². The Balaban J connectivity index is 0. The molecule has 0 aliphatic carbocycles. The summed E-state index contributed by atoms with van der Waals surface area (Å²) in [4.78, 5) is 2.18. The van der Waals surface area contributed by atoms with E-state index in [0.717, 1.165) is 0 Å². The summed E-state index contributed by atoms with van der Waals surface area (Å²) in [6, 6.07) is 0. The second kappa shape index (κ2) is 10.2. The zero-order chi connectivity index (χ0) is 6.99. The van der Waals surface area contributed by atoms with Crippen molar-refractivity contribution in [3.63, 3.8) is 0 Å². The van der Waals surface area contributed by atoms with Crippen molar-refractivity contribution >= 4 is 9.98 Å². The Morgan fingerprint density at radius 2 is 1.75 bits per heavy atom. The molecular weight excluding hydrogens is 118 g/mol. The molecule has 0 aromatic heterocycles. The van der Waals surface area contributed by atoms with Crippen LogP contribution in [0.2, 0.25) is 0 Å². The summed E-state index contributed by atoms with van der Waals surface area (Å²) in [5.41, 5.74) is 0. The van der Waals surface area contributed by atoms with Crippen molar-refractivity contribution in [2.24, 2.45) is 0 Å². The van der Waals surface area contributed by atoms with Gasteiger partial charge in [-0.2, -0.15) is 0 Å². The molecule has 0 fully saturated rings. The molecule has 0 amide bonds. The molecule has 0 aromatic rings. The summed E-state index contributed by atoms with van der Waals surface area (Å²) < 4.78 is 8.06. The fourth-order valence-electron chi connectivity index (χ4n) is 0.447. The fourth-order valence-corrected chi connectivity index (χ4v) is 0.447. The van der Waals surface area contributed by atoms with Gasteiger partial charge in [0.05, 0.1) is 0 Å². The van der Waals surface area contributed by atoms with Crippen molar-refractivity contribution < 1.29 is 4.30 Å². The van der Waals surface area contributed by atoms with E-state index in [0.29, 0.717) is 0 Å². The standard InChI is InChI=1S/C5H13N.OSi/c1-4-5-6(2)3;1-2/h4-5H2,1-3H3;. The first-order chi connectivity index (χ1) is 3.77. The molecule has 2 nitrogen and oxygen atoms in total. The van der Waals surface area contributed by atoms with Crippen molar-refractivity contribution in [3.05, 3.63) is 0 Å². The minimum absolute atomic E-state index is 1.21. The minimum atomic E-state index is 1.21. The van der Waals surface area contributed by atoms with Crippen LogP contribution in [-0.2, 0) is 4.30 Å². The Kier molecular flexibility index (Phi) is 14.0. The van der Waals surface area contributed by atoms with Gasteiger partial charge in [0.15, 0.2) is 0 Å². The van der Waals surface area contributed by atoms with Crippen LogP contribution in [0.25, 0.3) is 0 Å². The van der Waals surface area contributed by atoms with Crippen LogP contribution in [0.15, 0.2) is 0 Å². The third-order valence-electron chi connectivity index (χ3n) is 0.671. The van der Waals surface area contributed by atoms with Crippen LogP contribution >= 0.6 is 0 Å². The molecule has 48 valence electrons. The molecule has 0 heterocycles. The topological polar surface area (TPSA) is 23.1 Å². The van der Waals surface area contributed by atoms with E-state index in [1.54, 1.807) is 9.98 Å². The van der Waals surface area contributed by atoms with Gasteiger partial charge in [0, 0.05) is 0 Å². The van der Waals surface area contributed by atoms with Crippen LogP contribution in [0, 0.1) is 0 Å². The molecule has 0 unspecified atom stereocenters. The van der Waals surface area contributed by atoms with Crippen molar-refractivity contribution in [2.45, 2.75) is 13.3 Å². The van der Waals surface area contributed by atoms with Crippen LogP contribution in [0.5, 0.6) is 0 Å². The molecule has 0 aromatic carbocycles. The van der Waals surface area contributed by atoms with Crippen molar-refractivity contribution in [2.75, 3.05) is 20.6 Å². The van der Waals surface area contributed by atoms with Gasteiger partial charge in [-0.1, -0.05) is 6.92 Å². The van der Waals surface area contributed by atoms with E-state index in [1.165, 1.54) is 13.0 Å². The predicted octanol–water partition coefficient (Wildman–Crippen LogP) is 0.458. The zero-order valence-electron chi connectivity index (χ0n) is 5.77. The molecule has 0 aliphatic heterocycles. The Morgan fingerprint density at radius 3 is 1.75 bits per heavy atom. The molecule has 0 atom stereocenters. The van der Waals surface area contributed by atoms with E-state index in [-0.39, 0.29) is 0 Å². The number of hydrogen-bond acceptors (Lipinski definition) is 1. The van der Waals surface area contributed by atoms with Gasteiger partial charge in [-0.05, 0) is 27.1 Å². The molecule has 0 saturated heterocycles. The summed E-state index contributed by atoms with van der Waals surface area (Å²) in [5, 5.41) is 0. The average Bonchev–Trinajstić information content (AvgIpc) is 1.72. The van der Waals surface area contributed by atoms with Gasteiger partial charge in [0.25, 0.3) is 0 Å². The summed E-state index contributed by atoms with van der Waals surface area (Å²) in [6.07, 6.45) is 1.26. The zero-order valence-corrected chi connectivity index (χ0v) is 6.77. The van der Waals surface area contributed by atoms with Crippen LogP contribution in [0.4, 0.5) is 0 Å². The van der Waals surface area contributed by atoms with Crippen LogP contribution in [0.3, 0.4) is 0 Å². The Morgan fingerprint density at radius 1 is 1.38 bits per heavy atom. The van der Waals surface area contributed by atoms with Gasteiger partial charge >= 0.3 is 14.3 Å². The van der Waals surface area contributed by atoms with E-state index in [4.69, 9.17) is 4.30 Å². The number of hydrogen-bond donors (Lipinski definition) is 0. The second-order valence-corrected chi connectivity index (χ2v) is 1.80. The first-order valence-electron chi connectivity index (χ1n) is 2.62. The predicted molar refractivity (Wildman–Crippen MR) is 35.3 cm³/mol. The van der Waals surface area contributed by atoms with Gasteiger partial charge in [0.2, 0.25) is 0 Å². The molecule has 0 spiro atoms. The SMILES string of the molecule is CCCN(C)C.[O+]#[Si-]. The summed E-state index contributed by atoms with van der Waals surface area (Å²) in [5.74, 6) is 0. The Hall–Kier alpha value is 0.137. The molecular formula is C5H13NOSi. The summed E-state index contributed by atoms with van der Waals surface area (Å²) in [7, 11) is 5.90. The number of nitrogens with zero attached hydrogens (tertiary/aromatic N) is 1. The van der Waals surface area contributed by atoms with Gasteiger partial charge < -0.3 is 4.90 Å². The van der Waals surface area contributed by atoms with Crippen LogP contribution in [0.1, 0.15) is 13.3 Å². The third kappa shape index (κ3) is 16.5. The Labute approximate surface area is 54.1 Å². The maximum atomic E-state index is 8.06. The second-order valence-electron chi connectivity index (χ2n) is 1.80. The summed E-state index contributed by atoms with van der Waals surface area (Å²) in [6.45, 7) is 3.39. The first kappa shape index (κ1) is 11.0. The molecule has 0 saturated carbocycles. The quantitative estimate of drug-likeness (QED) is 0.394. The van der Waals surface area contributed by atoms with Gasteiger partial charge in [-0.25, -0.2) is 0 Å². The van der Waals surface area contributed by atoms with E-state index >= 15 is 0 Å². The molecule has 0 bridgehead atoms. The Bertz CT molecular complexity index is 53.6. The average molecular weight is 131 g/mol. The fraction of sp³-hybridized carbons (Fsp3) is 1.00. The van der Waals surface area contributed by atoms with Crippen molar-refractivity contribution in [1.29, 1.82) is 0 Å². The molecule has 0 aliphatic rings. The van der Waals surface area contributed by atoms with E-state index in [2.05, 4.69) is 25.9 Å². The molecule has 3 heteroatoms. The molecule has 0 radical (unpaired) electrons.